The van der Waals surface area contributed by atoms with E-state index >= 15 is 0 Å². The standard InChI is InChI=1S/C16H27F2N3/c1-4-21(8-5-7-20(2)3)9-6-16(19)13-10-14(17)12-15(18)11-13/h10-12,16H,4-9,19H2,1-3H3. The van der Waals surface area contributed by atoms with E-state index in [1.54, 1.807) is 0 Å². The van der Waals surface area contributed by atoms with Gasteiger partial charge in [-0.25, -0.2) is 8.78 Å². The van der Waals surface area contributed by atoms with Gasteiger partial charge < -0.3 is 15.5 Å². The molecule has 2 N–H and O–H groups in total. The van der Waals surface area contributed by atoms with Gasteiger partial charge in [0, 0.05) is 12.1 Å². The van der Waals surface area contributed by atoms with E-state index < -0.39 is 11.6 Å². The van der Waals surface area contributed by atoms with Crippen LogP contribution in [0.5, 0.6) is 0 Å². The van der Waals surface area contributed by atoms with E-state index in [0.29, 0.717) is 12.0 Å². The summed E-state index contributed by atoms with van der Waals surface area (Å²) in [5.41, 5.74) is 6.57. The fourth-order valence-corrected chi connectivity index (χ4v) is 2.32. The van der Waals surface area contributed by atoms with Gasteiger partial charge in [0.1, 0.15) is 11.6 Å². The van der Waals surface area contributed by atoms with Gasteiger partial charge in [0.25, 0.3) is 0 Å². The van der Waals surface area contributed by atoms with E-state index in [2.05, 4.69) is 30.8 Å². The van der Waals surface area contributed by atoms with Crippen molar-refractivity contribution in [2.24, 2.45) is 5.73 Å². The second-order valence-electron chi connectivity index (χ2n) is 5.69. The van der Waals surface area contributed by atoms with Crippen LogP contribution in [0.3, 0.4) is 0 Å². The minimum absolute atomic E-state index is 0.335. The molecule has 0 aliphatic carbocycles. The van der Waals surface area contributed by atoms with Gasteiger partial charge in [-0.15, -0.1) is 0 Å². The molecular weight excluding hydrogens is 272 g/mol. The molecule has 0 saturated carbocycles. The molecule has 0 aliphatic rings. The molecule has 0 spiro atoms. The zero-order valence-corrected chi connectivity index (χ0v) is 13.3. The van der Waals surface area contributed by atoms with E-state index in [4.69, 9.17) is 5.73 Å². The van der Waals surface area contributed by atoms with Gasteiger partial charge in [-0.1, -0.05) is 6.92 Å². The van der Waals surface area contributed by atoms with Gasteiger partial charge in [0.15, 0.2) is 0 Å². The molecule has 1 aromatic carbocycles. The van der Waals surface area contributed by atoms with E-state index in [-0.39, 0.29) is 6.04 Å². The molecule has 1 aromatic rings. The van der Waals surface area contributed by atoms with Crippen molar-refractivity contribution in [2.75, 3.05) is 40.3 Å². The Morgan fingerprint density at radius 1 is 1.05 bits per heavy atom. The van der Waals surface area contributed by atoms with Crippen LogP contribution in [0.15, 0.2) is 18.2 Å². The van der Waals surface area contributed by atoms with Crippen molar-refractivity contribution < 1.29 is 8.78 Å². The molecule has 0 aromatic heterocycles. The predicted molar refractivity (Wildman–Crippen MR) is 83.2 cm³/mol. The zero-order chi connectivity index (χ0) is 15.8. The minimum atomic E-state index is -0.571. The van der Waals surface area contributed by atoms with Crippen LogP contribution in [0, 0.1) is 11.6 Å². The van der Waals surface area contributed by atoms with Crippen LogP contribution in [0.2, 0.25) is 0 Å². The lowest BCUT2D eigenvalue weighted by Crippen LogP contribution is -2.30. The van der Waals surface area contributed by atoms with Crippen LogP contribution in [0.25, 0.3) is 0 Å². The Bertz CT molecular complexity index is 404. The molecule has 21 heavy (non-hydrogen) atoms. The highest BCUT2D eigenvalue weighted by molar-refractivity contribution is 5.21. The van der Waals surface area contributed by atoms with Crippen molar-refractivity contribution in [2.45, 2.75) is 25.8 Å². The van der Waals surface area contributed by atoms with E-state index in [1.807, 2.05) is 0 Å². The van der Waals surface area contributed by atoms with Crippen LogP contribution in [-0.2, 0) is 0 Å². The molecule has 1 rings (SSSR count). The summed E-state index contributed by atoms with van der Waals surface area (Å²) in [6.45, 7) is 5.97. The fraction of sp³-hybridized carbons (Fsp3) is 0.625. The summed E-state index contributed by atoms with van der Waals surface area (Å²) in [5.74, 6) is -1.14. The molecule has 1 unspecified atom stereocenters. The highest BCUT2D eigenvalue weighted by atomic mass is 19.1. The summed E-state index contributed by atoms with van der Waals surface area (Å²) in [6.07, 6.45) is 1.80. The maximum absolute atomic E-state index is 13.2. The van der Waals surface area contributed by atoms with Crippen LogP contribution in [0.4, 0.5) is 8.78 Å². The van der Waals surface area contributed by atoms with Gasteiger partial charge in [-0.3, -0.25) is 0 Å². The third kappa shape index (κ3) is 6.98. The first-order valence-corrected chi connectivity index (χ1v) is 7.51. The number of nitrogens with zero attached hydrogens (tertiary/aromatic N) is 2. The lowest BCUT2D eigenvalue weighted by atomic mass is 10.0. The Labute approximate surface area is 126 Å². The number of hydrogen-bond donors (Lipinski definition) is 1. The average Bonchev–Trinajstić information content (AvgIpc) is 2.40. The van der Waals surface area contributed by atoms with Gasteiger partial charge in [-0.05, 0) is 70.8 Å². The maximum atomic E-state index is 13.2. The number of benzene rings is 1. The normalized spacial score (nSPS) is 13.1. The van der Waals surface area contributed by atoms with Crippen molar-refractivity contribution in [3.63, 3.8) is 0 Å². The van der Waals surface area contributed by atoms with Crippen LogP contribution < -0.4 is 5.73 Å². The highest BCUT2D eigenvalue weighted by Crippen LogP contribution is 2.17. The third-order valence-electron chi connectivity index (χ3n) is 3.60. The SMILES string of the molecule is CCN(CCCN(C)C)CCC(N)c1cc(F)cc(F)c1. The molecule has 0 saturated heterocycles. The van der Waals surface area contributed by atoms with Crippen LogP contribution >= 0.6 is 0 Å². The van der Waals surface area contributed by atoms with Crippen molar-refractivity contribution in [1.29, 1.82) is 0 Å². The molecule has 5 heteroatoms. The predicted octanol–water partition coefficient (Wildman–Crippen LogP) is 2.63. The van der Waals surface area contributed by atoms with Gasteiger partial charge in [0.2, 0.25) is 0 Å². The average molecular weight is 299 g/mol. The van der Waals surface area contributed by atoms with E-state index in [9.17, 15) is 8.78 Å². The molecule has 0 radical (unpaired) electrons. The summed E-state index contributed by atoms with van der Waals surface area (Å²) in [5, 5.41) is 0. The molecule has 120 valence electrons. The van der Waals surface area contributed by atoms with Gasteiger partial charge in [-0.2, -0.15) is 0 Å². The first-order valence-electron chi connectivity index (χ1n) is 7.51. The molecule has 0 fully saturated rings. The minimum Gasteiger partial charge on any atom is -0.324 e. The van der Waals surface area contributed by atoms with E-state index in [0.717, 1.165) is 38.7 Å². The first-order chi connectivity index (χ1) is 9.92. The van der Waals surface area contributed by atoms with Crippen molar-refractivity contribution in [3.8, 4) is 0 Å². The molecular formula is C16H27F2N3. The van der Waals surface area contributed by atoms with Crippen molar-refractivity contribution >= 4 is 0 Å². The lowest BCUT2D eigenvalue weighted by molar-refractivity contribution is 0.257. The number of rotatable bonds is 9. The molecule has 0 aliphatic heterocycles. The van der Waals surface area contributed by atoms with Gasteiger partial charge >= 0.3 is 0 Å². The number of nitrogens with two attached hydrogens (primary N) is 1. The van der Waals surface area contributed by atoms with Crippen molar-refractivity contribution in [1.82, 2.24) is 9.80 Å². The van der Waals surface area contributed by atoms with E-state index in [1.165, 1.54) is 12.1 Å². The summed E-state index contributed by atoms with van der Waals surface area (Å²) in [7, 11) is 4.12. The Morgan fingerprint density at radius 3 is 2.19 bits per heavy atom. The monoisotopic (exact) mass is 299 g/mol. The Kier molecular flexibility index (Phi) is 7.78. The summed E-state index contributed by atoms with van der Waals surface area (Å²) >= 11 is 0. The van der Waals surface area contributed by atoms with Gasteiger partial charge in [0.05, 0.1) is 0 Å². The highest BCUT2D eigenvalue weighted by Gasteiger charge is 2.11. The lowest BCUT2D eigenvalue weighted by Gasteiger charge is -2.23. The zero-order valence-electron chi connectivity index (χ0n) is 13.3. The maximum Gasteiger partial charge on any atom is 0.126 e. The molecule has 1 atom stereocenters. The number of hydrogen-bond acceptors (Lipinski definition) is 3. The molecule has 3 nitrogen and oxygen atoms in total. The second kappa shape index (κ2) is 9.07. The topological polar surface area (TPSA) is 32.5 Å². The number of halogens is 2. The molecule has 0 amide bonds. The Hall–Kier alpha value is -1.04. The summed E-state index contributed by atoms with van der Waals surface area (Å²) in [4.78, 5) is 4.48. The smallest absolute Gasteiger partial charge is 0.126 e. The second-order valence-corrected chi connectivity index (χ2v) is 5.69. The largest absolute Gasteiger partial charge is 0.324 e. The molecule has 0 heterocycles. The summed E-state index contributed by atoms with van der Waals surface area (Å²) in [6, 6.07) is 3.17. The first kappa shape index (κ1) is 18.0. The van der Waals surface area contributed by atoms with Crippen molar-refractivity contribution in [3.05, 3.63) is 35.4 Å². The Balaban J connectivity index is 2.44. The molecule has 0 bridgehead atoms. The quantitative estimate of drug-likeness (QED) is 0.761. The summed E-state index contributed by atoms with van der Waals surface area (Å²) < 4.78 is 26.4. The van der Waals surface area contributed by atoms with Crippen LogP contribution in [0.1, 0.15) is 31.4 Å². The Morgan fingerprint density at radius 2 is 1.67 bits per heavy atom. The third-order valence-corrected chi connectivity index (χ3v) is 3.60. The van der Waals surface area contributed by atoms with Crippen LogP contribution in [-0.4, -0.2) is 50.1 Å². The fourth-order valence-electron chi connectivity index (χ4n) is 2.32.